The summed E-state index contributed by atoms with van der Waals surface area (Å²) in [5, 5.41) is 6.95. The van der Waals surface area contributed by atoms with Crippen molar-refractivity contribution in [3.05, 3.63) is 76.2 Å². The average Bonchev–Trinajstić information content (AvgIpc) is 2.61. The van der Waals surface area contributed by atoms with Crippen LogP contribution >= 0.6 is 23.2 Å². The number of para-hydroxylation sites is 1. The number of aryl methyl sites for hydroxylation is 1. The van der Waals surface area contributed by atoms with Crippen LogP contribution in [0.25, 0.3) is 0 Å². The number of carbonyl (C=O) groups is 1. The Balaban J connectivity index is 1.72. The van der Waals surface area contributed by atoms with Crippen LogP contribution in [0.15, 0.2) is 54.9 Å². The molecular formula is C18H14Cl2N4O. The monoisotopic (exact) mass is 372 g/mol. The molecule has 0 radical (unpaired) electrons. The maximum Gasteiger partial charge on any atom is 0.275 e. The van der Waals surface area contributed by atoms with Gasteiger partial charge in [0, 0.05) is 10.7 Å². The summed E-state index contributed by atoms with van der Waals surface area (Å²) in [6, 6.07) is 12.6. The van der Waals surface area contributed by atoms with E-state index in [9.17, 15) is 4.79 Å². The Morgan fingerprint density at radius 2 is 1.80 bits per heavy atom. The number of halogens is 2. The van der Waals surface area contributed by atoms with Crippen LogP contribution < -0.4 is 10.6 Å². The zero-order chi connectivity index (χ0) is 17.8. The molecule has 0 atom stereocenters. The van der Waals surface area contributed by atoms with Gasteiger partial charge in [-0.1, -0.05) is 41.4 Å². The largest absolute Gasteiger partial charge is 0.338 e. The predicted molar refractivity (Wildman–Crippen MR) is 101 cm³/mol. The van der Waals surface area contributed by atoms with Gasteiger partial charge in [0.15, 0.2) is 0 Å². The quantitative estimate of drug-likeness (QED) is 0.669. The van der Waals surface area contributed by atoms with Crippen molar-refractivity contribution in [2.75, 3.05) is 10.6 Å². The lowest BCUT2D eigenvalue weighted by Gasteiger charge is -2.09. The number of hydrogen-bond acceptors (Lipinski definition) is 4. The van der Waals surface area contributed by atoms with E-state index < -0.39 is 0 Å². The van der Waals surface area contributed by atoms with E-state index in [2.05, 4.69) is 20.6 Å². The number of carbonyl (C=O) groups excluding carboxylic acids is 1. The summed E-state index contributed by atoms with van der Waals surface area (Å²) in [6.45, 7) is 1.88. The van der Waals surface area contributed by atoms with Gasteiger partial charge in [-0.15, -0.1) is 0 Å². The molecular weight excluding hydrogens is 359 g/mol. The van der Waals surface area contributed by atoms with Crippen molar-refractivity contribution in [3.63, 3.8) is 0 Å². The molecule has 0 aliphatic rings. The number of nitrogens with zero attached hydrogens (tertiary/aromatic N) is 2. The Hall–Kier alpha value is -2.63. The predicted octanol–water partition coefficient (Wildman–Crippen LogP) is 5.09. The second-order valence-corrected chi connectivity index (χ2v) is 6.15. The van der Waals surface area contributed by atoms with Crippen molar-refractivity contribution >= 4 is 46.3 Å². The molecule has 7 heteroatoms. The van der Waals surface area contributed by atoms with E-state index in [1.165, 1.54) is 12.4 Å². The third kappa shape index (κ3) is 4.26. The number of aromatic nitrogens is 2. The Kier molecular flexibility index (Phi) is 5.16. The summed E-state index contributed by atoms with van der Waals surface area (Å²) in [6.07, 6.45) is 2.87. The van der Waals surface area contributed by atoms with E-state index in [1.807, 2.05) is 31.2 Å². The summed E-state index contributed by atoms with van der Waals surface area (Å²) in [4.78, 5) is 20.6. The Bertz CT molecular complexity index is 913. The Labute approximate surface area is 155 Å². The van der Waals surface area contributed by atoms with Gasteiger partial charge in [-0.2, -0.15) is 0 Å². The van der Waals surface area contributed by atoms with Crippen molar-refractivity contribution in [1.82, 2.24) is 9.97 Å². The van der Waals surface area contributed by atoms with Gasteiger partial charge < -0.3 is 10.6 Å². The molecule has 0 unspecified atom stereocenters. The molecule has 126 valence electrons. The highest BCUT2D eigenvalue weighted by atomic mass is 35.5. The van der Waals surface area contributed by atoms with Crippen molar-refractivity contribution in [1.29, 1.82) is 0 Å². The van der Waals surface area contributed by atoms with Crippen LogP contribution in [-0.2, 0) is 0 Å². The first-order chi connectivity index (χ1) is 12.0. The van der Waals surface area contributed by atoms with E-state index in [-0.39, 0.29) is 11.6 Å². The second-order valence-electron chi connectivity index (χ2n) is 5.31. The minimum absolute atomic E-state index is 0.198. The molecule has 0 saturated heterocycles. The standard InChI is InChI=1S/C18H14Cl2N4O/c1-11-6-7-12(19)8-15(11)24-18(25)16-9-22-17(10-21-16)23-14-5-3-2-4-13(14)20/h2-10H,1H3,(H,22,23)(H,24,25). The fraction of sp³-hybridized carbons (Fsp3) is 0.0556. The fourth-order valence-corrected chi connectivity index (χ4v) is 2.48. The molecule has 3 aromatic rings. The number of amides is 1. The summed E-state index contributed by atoms with van der Waals surface area (Å²) < 4.78 is 0. The molecule has 5 nitrogen and oxygen atoms in total. The molecule has 2 N–H and O–H groups in total. The highest BCUT2D eigenvalue weighted by Gasteiger charge is 2.11. The van der Waals surface area contributed by atoms with Crippen LogP contribution in [-0.4, -0.2) is 15.9 Å². The first-order valence-electron chi connectivity index (χ1n) is 7.44. The highest BCUT2D eigenvalue weighted by Crippen LogP contribution is 2.24. The lowest BCUT2D eigenvalue weighted by atomic mass is 10.2. The second kappa shape index (κ2) is 7.51. The van der Waals surface area contributed by atoms with E-state index in [0.29, 0.717) is 27.2 Å². The molecule has 1 aromatic heterocycles. The lowest BCUT2D eigenvalue weighted by molar-refractivity contribution is 0.102. The van der Waals surface area contributed by atoms with Crippen LogP contribution in [0.4, 0.5) is 17.2 Å². The van der Waals surface area contributed by atoms with Crippen LogP contribution in [0.5, 0.6) is 0 Å². The maximum absolute atomic E-state index is 12.3. The van der Waals surface area contributed by atoms with Crippen LogP contribution in [0, 0.1) is 6.92 Å². The Morgan fingerprint density at radius 1 is 1.00 bits per heavy atom. The molecule has 0 bridgehead atoms. The molecule has 1 amide bonds. The third-order valence-corrected chi connectivity index (χ3v) is 4.03. The zero-order valence-electron chi connectivity index (χ0n) is 13.3. The number of anilines is 3. The first kappa shape index (κ1) is 17.2. The highest BCUT2D eigenvalue weighted by molar-refractivity contribution is 6.33. The molecule has 25 heavy (non-hydrogen) atoms. The van der Waals surface area contributed by atoms with Gasteiger partial charge in [-0.05, 0) is 36.8 Å². The first-order valence-corrected chi connectivity index (χ1v) is 8.19. The fourth-order valence-electron chi connectivity index (χ4n) is 2.13. The van der Waals surface area contributed by atoms with Crippen molar-refractivity contribution in [2.24, 2.45) is 0 Å². The van der Waals surface area contributed by atoms with E-state index in [4.69, 9.17) is 23.2 Å². The third-order valence-electron chi connectivity index (χ3n) is 3.47. The smallest absolute Gasteiger partial charge is 0.275 e. The van der Waals surface area contributed by atoms with Crippen LogP contribution in [0.1, 0.15) is 16.1 Å². The molecule has 0 saturated carbocycles. The lowest BCUT2D eigenvalue weighted by Crippen LogP contribution is -2.15. The maximum atomic E-state index is 12.3. The molecule has 0 spiro atoms. The topological polar surface area (TPSA) is 66.9 Å². The molecule has 0 aliphatic heterocycles. The zero-order valence-corrected chi connectivity index (χ0v) is 14.8. The molecule has 0 fully saturated rings. The van der Waals surface area contributed by atoms with Crippen LogP contribution in [0.2, 0.25) is 10.0 Å². The van der Waals surface area contributed by atoms with Gasteiger partial charge in [0.25, 0.3) is 5.91 Å². The van der Waals surface area contributed by atoms with Crippen molar-refractivity contribution < 1.29 is 4.79 Å². The molecule has 0 aliphatic carbocycles. The van der Waals surface area contributed by atoms with E-state index in [1.54, 1.807) is 18.2 Å². The van der Waals surface area contributed by atoms with Crippen LogP contribution in [0.3, 0.4) is 0 Å². The molecule has 1 heterocycles. The van der Waals surface area contributed by atoms with E-state index >= 15 is 0 Å². The summed E-state index contributed by atoms with van der Waals surface area (Å²) >= 11 is 12.0. The van der Waals surface area contributed by atoms with Gasteiger partial charge >= 0.3 is 0 Å². The summed E-state index contributed by atoms with van der Waals surface area (Å²) in [5.41, 5.74) is 2.45. The molecule has 2 aromatic carbocycles. The van der Waals surface area contributed by atoms with Crippen molar-refractivity contribution in [3.8, 4) is 0 Å². The number of nitrogens with one attached hydrogen (secondary N) is 2. The van der Waals surface area contributed by atoms with E-state index in [0.717, 1.165) is 5.56 Å². The normalized spacial score (nSPS) is 10.4. The van der Waals surface area contributed by atoms with Gasteiger partial charge in [0.1, 0.15) is 11.5 Å². The summed E-state index contributed by atoms with van der Waals surface area (Å²) in [5.74, 6) is 0.130. The number of rotatable bonds is 4. The van der Waals surface area contributed by atoms with Gasteiger partial charge in [0.05, 0.1) is 23.1 Å². The number of benzene rings is 2. The SMILES string of the molecule is Cc1ccc(Cl)cc1NC(=O)c1cnc(Nc2ccccc2Cl)cn1. The number of hydrogen-bond donors (Lipinski definition) is 2. The average molecular weight is 373 g/mol. The molecule has 3 rings (SSSR count). The minimum atomic E-state index is -0.359. The van der Waals surface area contributed by atoms with Crippen molar-refractivity contribution in [2.45, 2.75) is 6.92 Å². The Morgan fingerprint density at radius 3 is 2.52 bits per heavy atom. The van der Waals surface area contributed by atoms with Gasteiger partial charge in [-0.3, -0.25) is 4.79 Å². The minimum Gasteiger partial charge on any atom is -0.338 e. The summed E-state index contributed by atoms with van der Waals surface area (Å²) in [7, 11) is 0. The van der Waals surface area contributed by atoms with Gasteiger partial charge in [-0.25, -0.2) is 9.97 Å². The van der Waals surface area contributed by atoms with Gasteiger partial charge in [0.2, 0.25) is 0 Å².